The fraction of sp³-hybridized carbons (Fsp3) is 0.550. The molecule has 0 bridgehead atoms. The van der Waals surface area contributed by atoms with E-state index in [9.17, 15) is 12.8 Å². The summed E-state index contributed by atoms with van der Waals surface area (Å²) < 4.78 is 49.0. The zero-order valence-corrected chi connectivity index (χ0v) is 18.2. The van der Waals surface area contributed by atoms with Crippen molar-refractivity contribution in [1.82, 2.24) is 9.88 Å². The number of thiazole rings is 1. The van der Waals surface area contributed by atoms with E-state index in [1.54, 1.807) is 5.38 Å². The number of rotatable bonds is 7. The minimum absolute atomic E-state index is 0.0217. The van der Waals surface area contributed by atoms with Crippen molar-refractivity contribution in [2.75, 3.05) is 18.8 Å². The predicted octanol–water partition coefficient (Wildman–Crippen LogP) is 4.21. The van der Waals surface area contributed by atoms with Gasteiger partial charge in [0.25, 0.3) is 10.0 Å². The lowest BCUT2D eigenvalue weighted by Crippen LogP contribution is -2.44. The van der Waals surface area contributed by atoms with Gasteiger partial charge in [-0.15, -0.1) is 11.3 Å². The van der Waals surface area contributed by atoms with Crippen LogP contribution >= 0.6 is 11.3 Å². The molecule has 2 aliphatic rings. The minimum atomic E-state index is -4.06. The molecule has 2 atom stereocenters. The summed E-state index contributed by atoms with van der Waals surface area (Å²) in [7, 11) is 0.0157. The van der Waals surface area contributed by atoms with E-state index in [2.05, 4.69) is 14.6 Å². The van der Waals surface area contributed by atoms with Gasteiger partial charge in [0.05, 0.1) is 0 Å². The van der Waals surface area contributed by atoms with E-state index in [1.165, 1.54) is 18.3 Å². The van der Waals surface area contributed by atoms with Crippen LogP contribution in [0.4, 0.5) is 9.52 Å². The third kappa shape index (κ3) is 4.57. The summed E-state index contributed by atoms with van der Waals surface area (Å²) in [5.74, 6) is -0.0940. The lowest BCUT2D eigenvalue weighted by atomic mass is 9.91. The first-order chi connectivity index (χ1) is 13.8. The molecule has 2 aliphatic carbocycles. The molecule has 1 aromatic heterocycles. The van der Waals surface area contributed by atoms with E-state index in [4.69, 9.17) is 4.74 Å². The third-order valence-corrected chi connectivity index (χ3v) is 7.81. The maximum atomic E-state index is 14.9. The van der Waals surface area contributed by atoms with Gasteiger partial charge in [0.2, 0.25) is 0 Å². The second-order valence-corrected chi connectivity index (χ2v) is 10.6. The lowest BCUT2D eigenvalue weighted by Gasteiger charge is -2.36. The van der Waals surface area contributed by atoms with Crippen LogP contribution in [0.1, 0.15) is 50.0 Å². The first kappa shape index (κ1) is 20.6. The Morgan fingerprint density at radius 2 is 1.97 bits per heavy atom. The van der Waals surface area contributed by atoms with Crippen molar-refractivity contribution in [1.29, 1.82) is 0 Å². The Morgan fingerprint density at radius 3 is 2.62 bits per heavy atom. The SMILES string of the molecule is CN(C)C1CCCC[C@H]1Oc1cc(F)c(S(=O)(=O)Nc2nccs2)cc1C1CC1. The fourth-order valence-electron chi connectivity index (χ4n) is 3.98. The van der Waals surface area contributed by atoms with Gasteiger partial charge in [-0.25, -0.2) is 17.8 Å². The normalized spacial score (nSPS) is 22.6. The maximum absolute atomic E-state index is 14.9. The second kappa shape index (κ2) is 8.20. The van der Waals surface area contributed by atoms with E-state index in [1.807, 2.05) is 14.1 Å². The maximum Gasteiger partial charge on any atom is 0.266 e. The standard InChI is InChI=1S/C20H26FN3O3S2/c1-24(2)16-5-3-4-6-17(16)27-18-12-15(21)19(11-14(18)13-7-8-13)29(25,26)23-20-22-9-10-28-20/h9-13,16-17H,3-8H2,1-2H3,(H,22,23)/t16?,17-/m1/s1. The molecule has 0 radical (unpaired) electrons. The molecule has 2 fully saturated rings. The Hall–Kier alpha value is -1.71. The van der Waals surface area contributed by atoms with Gasteiger partial charge < -0.3 is 9.64 Å². The molecule has 6 nitrogen and oxygen atoms in total. The van der Waals surface area contributed by atoms with E-state index >= 15 is 0 Å². The van der Waals surface area contributed by atoms with Crippen LogP contribution in [0, 0.1) is 5.82 Å². The van der Waals surface area contributed by atoms with Crippen molar-refractivity contribution in [2.24, 2.45) is 0 Å². The largest absolute Gasteiger partial charge is 0.488 e. The second-order valence-electron chi connectivity index (χ2n) is 8.01. The summed E-state index contributed by atoms with van der Waals surface area (Å²) in [6, 6.07) is 2.98. The molecule has 29 heavy (non-hydrogen) atoms. The first-order valence-electron chi connectivity index (χ1n) is 9.94. The van der Waals surface area contributed by atoms with Crippen molar-refractivity contribution in [3.63, 3.8) is 0 Å². The number of likely N-dealkylation sites (N-methyl/N-ethyl adjacent to an activating group) is 1. The molecule has 4 rings (SSSR count). The van der Waals surface area contributed by atoms with Crippen LogP contribution in [0.5, 0.6) is 5.75 Å². The molecule has 9 heteroatoms. The van der Waals surface area contributed by atoms with Crippen LogP contribution in [0.3, 0.4) is 0 Å². The Morgan fingerprint density at radius 1 is 1.21 bits per heavy atom. The van der Waals surface area contributed by atoms with Gasteiger partial charge in [-0.2, -0.15) is 0 Å². The number of nitrogens with one attached hydrogen (secondary N) is 1. The average Bonchev–Trinajstić information content (AvgIpc) is 3.38. The van der Waals surface area contributed by atoms with Gasteiger partial charge in [0.15, 0.2) is 5.13 Å². The third-order valence-electron chi connectivity index (χ3n) is 5.63. The quantitative estimate of drug-likeness (QED) is 0.700. The summed E-state index contributed by atoms with van der Waals surface area (Å²) >= 11 is 1.15. The molecule has 0 saturated heterocycles. The van der Waals surface area contributed by atoms with Gasteiger partial charge in [-0.3, -0.25) is 4.72 Å². The highest BCUT2D eigenvalue weighted by Crippen LogP contribution is 2.46. The molecule has 0 spiro atoms. The summed E-state index contributed by atoms with van der Waals surface area (Å²) in [4.78, 5) is 5.73. The Labute approximate surface area is 175 Å². The average molecular weight is 440 g/mol. The summed E-state index contributed by atoms with van der Waals surface area (Å²) in [6.45, 7) is 0. The number of hydrogen-bond donors (Lipinski definition) is 1. The number of aromatic nitrogens is 1. The summed E-state index contributed by atoms with van der Waals surface area (Å²) in [6.07, 6.45) is 7.60. The highest BCUT2D eigenvalue weighted by atomic mass is 32.2. The molecular formula is C20H26FN3O3S2. The van der Waals surface area contributed by atoms with Crippen LogP contribution in [0.15, 0.2) is 28.6 Å². The number of anilines is 1. The Kier molecular flexibility index (Phi) is 5.81. The van der Waals surface area contributed by atoms with Gasteiger partial charge in [0.1, 0.15) is 22.6 Å². The van der Waals surface area contributed by atoms with Crippen molar-refractivity contribution < 1.29 is 17.5 Å². The Balaban J connectivity index is 1.65. The molecular weight excluding hydrogens is 413 g/mol. The van der Waals surface area contributed by atoms with Crippen LogP contribution in [-0.4, -0.2) is 44.5 Å². The lowest BCUT2D eigenvalue weighted by molar-refractivity contribution is 0.0612. The van der Waals surface area contributed by atoms with Crippen LogP contribution < -0.4 is 9.46 Å². The molecule has 1 unspecified atom stereocenters. The van der Waals surface area contributed by atoms with Gasteiger partial charge in [-0.1, -0.05) is 6.42 Å². The zero-order valence-electron chi connectivity index (χ0n) is 16.6. The molecule has 158 valence electrons. The van der Waals surface area contributed by atoms with Crippen LogP contribution in [0.2, 0.25) is 0 Å². The van der Waals surface area contributed by atoms with Crippen molar-refractivity contribution in [3.05, 3.63) is 35.1 Å². The summed E-state index contributed by atoms with van der Waals surface area (Å²) in [5.41, 5.74) is 0.786. The monoisotopic (exact) mass is 439 g/mol. The van der Waals surface area contributed by atoms with E-state index < -0.39 is 15.8 Å². The molecule has 1 N–H and O–H groups in total. The van der Waals surface area contributed by atoms with E-state index in [0.717, 1.165) is 55.4 Å². The van der Waals surface area contributed by atoms with Crippen LogP contribution in [-0.2, 0) is 10.0 Å². The highest BCUT2D eigenvalue weighted by Gasteiger charge is 2.34. The van der Waals surface area contributed by atoms with Crippen molar-refractivity contribution in [3.8, 4) is 5.75 Å². The molecule has 0 amide bonds. The van der Waals surface area contributed by atoms with Crippen molar-refractivity contribution in [2.45, 2.75) is 61.5 Å². The zero-order chi connectivity index (χ0) is 20.6. The summed E-state index contributed by atoms with van der Waals surface area (Å²) in [5, 5.41) is 1.88. The number of benzene rings is 1. The molecule has 2 aromatic rings. The smallest absolute Gasteiger partial charge is 0.266 e. The molecule has 0 aliphatic heterocycles. The topological polar surface area (TPSA) is 71.5 Å². The number of ether oxygens (including phenoxy) is 1. The Bertz CT molecular complexity index is 960. The first-order valence-corrected chi connectivity index (χ1v) is 12.3. The van der Waals surface area contributed by atoms with Gasteiger partial charge in [0, 0.05) is 23.7 Å². The molecule has 1 aromatic carbocycles. The van der Waals surface area contributed by atoms with E-state index in [-0.39, 0.29) is 28.1 Å². The number of nitrogens with zero attached hydrogens (tertiary/aromatic N) is 2. The van der Waals surface area contributed by atoms with Crippen LogP contribution in [0.25, 0.3) is 0 Å². The molecule has 1 heterocycles. The number of hydrogen-bond acceptors (Lipinski definition) is 6. The molecule has 2 saturated carbocycles. The minimum Gasteiger partial charge on any atom is -0.488 e. The van der Waals surface area contributed by atoms with Crippen molar-refractivity contribution >= 4 is 26.5 Å². The highest BCUT2D eigenvalue weighted by molar-refractivity contribution is 7.93. The van der Waals surface area contributed by atoms with Gasteiger partial charge >= 0.3 is 0 Å². The number of sulfonamides is 1. The number of halogens is 1. The van der Waals surface area contributed by atoms with Gasteiger partial charge in [-0.05, 0) is 63.7 Å². The fourth-order valence-corrected chi connectivity index (χ4v) is 5.87. The predicted molar refractivity (Wildman–Crippen MR) is 112 cm³/mol. The van der Waals surface area contributed by atoms with E-state index in [0.29, 0.717) is 5.75 Å².